The molecule has 0 aromatic rings. The maximum absolute atomic E-state index is 13.5. The quantitative estimate of drug-likeness (QED) is 0.419. The minimum absolute atomic E-state index is 0.148. The highest BCUT2D eigenvalue weighted by Crippen LogP contribution is 2.73. The van der Waals surface area contributed by atoms with Crippen LogP contribution in [0.15, 0.2) is 0 Å². The van der Waals surface area contributed by atoms with Gasteiger partial charge in [0.15, 0.2) is 0 Å². The van der Waals surface area contributed by atoms with Crippen molar-refractivity contribution in [2.45, 2.75) is 76.1 Å². The predicted octanol–water partition coefficient (Wildman–Crippen LogP) is 4.05. The summed E-state index contributed by atoms with van der Waals surface area (Å²) in [5, 5.41) is 0. The van der Waals surface area contributed by atoms with Crippen LogP contribution >= 0.6 is 0 Å². The number of hydrogen-bond acceptors (Lipinski definition) is 3. The molecule has 8 bridgehead atoms. The second-order valence-corrected chi connectivity index (χ2v) is 12.2. The molecule has 0 radical (unpaired) electrons. The molecule has 1 aliphatic heterocycles. The van der Waals surface area contributed by atoms with Gasteiger partial charge in [0.05, 0.1) is 18.1 Å². The lowest BCUT2D eigenvalue weighted by Gasteiger charge is -2.59. The van der Waals surface area contributed by atoms with E-state index in [-0.39, 0.29) is 17.5 Å². The number of epoxide rings is 1. The summed E-state index contributed by atoms with van der Waals surface area (Å²) in [7, 11) is 0. The second-order valence-electron chi connectivity index (χ2n) is 12.2. The topological polar surface area (TPSA) is 38.8 Å². The van der Waals surface area contributed by atoms with Crippen LogP contribution in [0.5, 0.6) is 0 Å². The lowest BCUT2D eigenvalue weighted by Crippen LogP contribution is -2.58. The van der Waals surface area contributed by atoms with E-state index in [4.69, 9.17) is 9.47 Å². The summed E-state index contributed by atoms with van der Waals surface area (Å²) in [5.41, 5.74) is -0.148. The lowest BCUT2D eigenvalue weighted by atomic mass is 9.50. The number of hydrogen-bond donors (Lipinski definition) is 0. The molecule has 1 heterocycles. The molecule has 27 heavy (non-hydrogen) atoms. The van der Waals surface area contributed by atoms with Crippen molar-refractivity contribution < 1.29 is 14.3 Å². The molecular weight excluding hydrogens is 336 g/mol. The van der Waals surface area contributed by atoms with Gasteiger partial charge in [-0.1, -0.05) is 0 Å². The first-order chi connectivity index (χ1) is 13.1. The fraction of sp³-hybridized carbons (Fsp3) is 0.958. The van der Waals surface area contributed by atoms with Crippen LogP contribution < -0.4 is 0 Å². The molecule has 9 atom stereocenters. The average molecular weight is 369 g/mol. The third-order valence-corrected chi connectivity index (χ3v) is 11.5. The first-order valence-corrected chi connectivity index (χ1v) is 12.0. The number of esters is 1. The highest BCUT2D eigenvalue weighted by Gasteiger charge is 2.74. The minimum atomic E-state index is -0.148. The van der Waals surface area contributed by atoms with E-state index in [1.54, 1.807) is 0 Å². The molecule has 9 fully saturated rings. The third kappa shape index (κ3) is 1.71. The van der Waals surface area contributed by atoms with Gasteiger partial charge in [-0.05, 0) is 117 Å². The van der Waals surface area contributed by atoms with Gasteiger partial charge >= 0.3 is 5.97 Å². The summed E-state index contributed by atoms with van der Waals surface area (Å²) in [6.45, 7) is 2.31. The SMILES string of the molecule is CC1(OC(=O)C2CC3CC2C2C4CC(C5OC45)C32)C2CC3CC(C2)CC1C3. The molecular formula is C24H32O3. The van der Waals surface area contributed by atoms with Crippen LogP contribution in [0.3, 0.4) is 0 Å². The Kier molecular flexibility index (Phi) is 2.61. The molecule has 0 spiro atoms. The Hall–Kier alpha value is -0.570. The molecule has 8 saturated carbocycles. The van der Waals surface area contributed by atoms with E-state index in [0.717, 1.165) is 47.8 Å². The zero-order valence-corrected chi connectivity index (χ0v) is 16.4. The first-order valence-electron chi connectivity index (χ1n) is 12.0. The Labute approximate surface area is 161 Å². The Balaban J connectivity index is 1.05. The van der Waals surface area contributed by atoms with Crippen molar-refractivity contribution in [2.24, 2.45) is 65.1 Å². The van der Waals surface area contributed by atoms with Gasteiger partial charge in [0.25, 0.3) is 0 Å². The summed E-state index contributed by atoms with van der Waals surface area (Å²) >= 11 is 0. The van der Waals surface area contributed by atoms with Gasteiger partial charge in [-0.2, -0.15) is 0 Å². The van der Waals surface area contributed by atoms with Gasteiger partial charge in [0.1, 0.15) is 5.60 Å². The van der Waals surface area contributed by atoms with Crippen molar-refractivity contribution >= 4 is 5.97 Å². The molecule has 146 valence electrons. The molecule has 0 N–H and O–H groups in total. The van der Waals surface area contributed by atoms with E-state index < -0.39 is 0 Å². The van der Waals surface area contributed by atoms with Crippen molar-refractivity contribution in [3.8, 4) is 0 Å². The Morgan fingerprint density at radius 3 is 2.19 bits per heavy atom. The molecule has 9 aliphatic rings. The van der Waals surface area contributed by atoms with Crippen molar-refractivity contribution in [1.82, 2.24) is 0 Å². The van der Waals surface area contributed by atoms with E-state index in [1.165, 1.54) is 44.9 Å². The van der Waals surface area contributed by atoms with Crippen molar-refractivity contribution in [1.29, 1.82) is 0 Å². The summed E-state index contributed by atoms with van der Waals surface area (Å²) in [5.74, 6) is 8.30. The zero-order valence-electron chi connectivity index (χ0n) is 16.4. The lowest BCUT2D eigenvalue weighted by molar-refractivity contribution is -0.209. The normalized spacial score (nSPS) is 68.3. The zero-order chi connectivity index (χ0) is 17.7. The van der Waals surface area contributed by atoms with E-state index in [2.05, 4.69) is 6.92 Å². The maximum Gasteiger partial charge on any atom is 0.309 e. The Morgan fingerprint density at radius 2 is 1.48 bits per heavy atom. The molecule has 9 rings (SSSR count). The number of rotatable bonds is 2. The fourth-order valence-corrected chi connectivity index (χ4v) is 10.7. The molecule has 3 nitrogen and oxygen atoms in total. The van der Waals surface area contributed by atoms with Crippen LogP contribution in [0.25, 0.3) is 0 Å². The number of ether oxygens (including phenoxy) is 2. The van der Waals surface area contributed by atoms with Crippen LogP contribution in [-0.4, -0.2) is 23.8 Å². The molecule has 0 amide bonds. The summed E-state index contributed by atoms with van der Waals surface area (Å²) in [6, 6.07) is 0. The van der Waals surface area contributed by atoms with Crippen LogP contribution in [0, 0.1) is 65.1 Å². The fourth-order valence-electron chi connectivity index (χ4n) is 10.7. The maximum atomic E-state index is 13.5. The molecule has 3 heteroatoms. The van der Waals surface area contributed by atoms with E-state index in [9.17, 15) is 4.79 Å². The molecule has 9 unspecified atom stereocenters. The summed E-state index contributed by atoms with van der Waals surface area (Å²) < 4.78 is 12.5. The van der Waals surface area contributed by atoms with Crippen LogP contribution in [0.4, 0.5) is 0 Å². The molecule has 1 saturated heterocycles. The highest BCUT2D eigenvalue weighted by atomic mass is 16.6. The van der Waals surface area contributed by atoms with E-state index in [1.807, 2.05) is 0 Å². The van der Waals surface area contributed by atoms with E-state index >= 15 is 0 Å². The number of fused-ring (bicyclic) bond motifs is 12. The van der Waals surface area contributed by atoms with Gasteiger partial charge in [0, 0.05) is 0 Å². The molecule has 8 aliphatic carbocycles. The Morgan fingerprint density at radius 1 is 0.815 bits per heavy atom. The standard InChI is InChI=1S/C24H32O3/c1-24(13-3-10-2-11(5-13)6-14(24)4-10)27-23(25)16-8-12-7-15(16)20-18-9-17(19(12)20)21-22(18)26-21/h10-22H,2-9H2,1H3. The van der Waals surface area contributed by atoms with Gasteiger partial charge in [0.2, 0.25) is 0 Å². The van der Waals surface area contributed by atoms with Crippen LogP contribution in [0.2, 0.25) is 0 Å². The summed E-state index contributed by atoms with van der Waals surface area (Å²) in [4.78, 5) is 13.5. The van der Waals surface area contributed by atoms with Crippen molar-refractivity contribution in [2.75, 3.05) is 0 Å². The van der Waals surface area contributed by atoms with Gasteiger partial charge in [-0.15, -0.1) is 0 Å². The number of carbonyl (C=O) groups excluding carboxylic acids is 1. The van der Waals surface area contributed by atoms with Gasteiger partial charge in [-0.3, -0.25) is 4.79 Å². The number of carbonyl (C=O) groups is 1. The highest BCUT2D eigenvalue weighted by molar-refractivity contribution is 5.74. The molecule has 0 aromatic heterocycles. The van der Waals surface area contributed by atoms with Crippen molar-refractivity contribution in [3.05, 3.63) is 0 Å². The van der Waals surface area contributed by atoms with Crippen LogP contribution in [0.1, 0.15) is 58.3 Å². The largest absolute Gasteiger partial charge is 0.459 e. The summed E-state index contributed by atoms with van der Waals surface area (Å²) in [6.07, 6.45) is 11.8. The Bertz CT molecular complexity index is 701. The van der Waals surface area contributed by atoms with Crippen molar-refractivity contribution in [3.63, 3.8) is 0 Å². The predicted molar refractivity (Wildman–Crippen MR) is 98.5 cm³/mol. The second kappa shape index (κ2) is 4.60. The minimum Gasteiger partial charge on any atom is -0.459 e. The van der Waals surface area contributed by atoms with Gasteiger partial charge in [-0.25, -0.2) is 0 Å². The molecule has 0 aromatic carbocycles. The first kappa shape index (κ1) is 15.3. The monoisotopic (exact) mass is 368 g/mol. The smallest absolute Gasteiger partial charge is 0.309 e. The van der Waals surface area contributed by atoms with E-state index in [0.29, 0.717) is 30.0 Å². The van der Waals surface area contributed by atoms with Crippen LogP contribution in [-0.2, 0) is 14.3 Å². The average Bonchev–Trinajstić information content (AvgIpc) is 2.99. The van der Waals surface area contributed by atoms with Gasteiger partial charge < -0.3 is 9.47 Å². The third-order valence-electron chi connectivity index (χ3n) is 11.5.